The molecule has 4 rings (SSSR count). The number of hydrogen-bond acceptors (Lipinski definition) is 12. The zero-order valence-electron chi connectivity index (χ0n) is 20.4. The maximum Gasteiger partial charge on any atom is 0.343 e. The fourth-order valence-electron chi connectivity index (χ4n) is 4.01. The largest absolute Gasteiger partial charge is 0.493 e. The minimum atomic E-state index is -0.852. The van der Waals surface area contributed by atoms with Crippen LogP contribution >= 0.6 is 0 Å². The van der Waals surface area contributed by atoms with Crippen molar-refractivity contribution in [1.29, 1.82) is 0 Å². The second-order valence-electron chi connectivity index (χ2n) is 8.05. The number of rotatable bonds is 10. The number of cyclic esters (lactones) is 1. The first-order valence-electron chi connectivity index (χ1n) is 11.1. The molecule has 1 heterocycles. The number of hydrogen-bond donors (Lipinski definition) is 1. The van der Waals surface area contributed by atoms with Crippen molar-refractivity contribution in [2.24, 2.45) is 5.10 Å². The zero-order chi connectivity index (χ0) is 28.3. The second-order valence-corrected chi connectivity index (χ2v) is 8.05. The third-order valence-corrected chi connectivity index (χ3v) is 5.87. The van der Waals surface area contributed by atoms with Crippen molar-refractivity contribution >= 4 is 34.4 Å². The number of carbonyl (C=O) groups is 1. The van der Waals surface area contributed by atoms with E-state index in [4.69, 9.17) is 14.2 Å². The monoisotopic (exact) mass is 537 g/mol. The Hall–Kier alpha value is -5.60. The molecule has 1 atom stereocenters. The molecule has 1 unspecified atom stereocenters. The van der Waals surface area contributed by atoms with Crippen molar-refractivity contribution < 1.29 is 33.8 Å². The molecular formula is C24H19N5O10. The third-order valence-electron chi connectivity index (χ3n) is 5.87. The van der Waals surface area contributed by atoms with Crippen molar-refractivity contribution in [3.05, 3.63) is 102 Å². The molecule has 0 spiro atoms. The van der Waals surface area contributed by atoms with Gasteiger partial charge < -0.3 is 14.2 Å². The van der Waals surface area contributed by atoms with Crippen LogP contribution in [0.15, 0.2) is 59.7 Å². The van der Waals surface area contributed by atoms with Gasteiger partial charge in [0.25, 0.3) is 11.4 Å². The summed E-state index contributed by atoms with van der Waals surface area (Å²) in [6, 6.07) is 11.6. The predicted octanol–water partition coefficient (Wildman–Crippen LogP) is 4.55. The molecule has 15 heteroatoms. The molecular weight excluding hydrogens is 518 g/mol. The lowest BCUT2D eigenvalue weighted by Crippen LogP contribution is -2.11. The minimum Gasteiger partial charge on any atom is -0.493 e. The summed E-state index contributed by atoms with van der Waals surface area (Å²) in [5.74, 6) is -0.144. The Balaban J connectivity index is 1.75. The van der Waals surface area contributed by atoms with Crippen LogP contribution in [0, 0.1) is 30.3 Å². The molecule has 0 bridgehead atoms. The van der Waals surface area contributed by atoms with Crippen LogP contribution in [0.2, 0.25) is 0 Å². The van der Waals surface area contributed by atoms with E-state index in [1.54, 1.807) is 12.1 Å². The van der Waals surface area contributed by atoms with E-state index in [1.165, 1.54) is 38.5 Å². The first-order chi connectivity index (χ1) is 18.6. The molecule has 0 radical (unpaired) electrons. The standard InChI is InChI=1S/C24H19N5O10/c1-37-20-10-8-16-21(39-24(30)22(16)23(20)38-2)12-18(13-3-5-14(6-4-13)27(31)32)26-25-17-9-7-15(28(33)34)11-19(17)29(35)36/h3-11,21,25H,12H2,1-2H3/b26-18-. The fourth-order valence-corrected chi connectivity index (χ4v) is 4.01. The maximum atomic E-state index is 12.7. The van der Waals surface area contributed by atoms with Crippen molar-refractivity contribution in [3.8, 4) is 11.5 Å². The van der Waals surface area contributed by atoms with Crippen molar-refractivity contribution in [3.63, 3.8) is 0 Å². The van der Waals surface area contributed by atoms with Crippen LogP contribution in [0.25, 0.3) is 0 Å². The van der Waals surface area contributed by atoms with Gasteiger partial charge in [-0.1, -0.05) is 6.07 Å². The molecule has 0 saturated carbocycles. The summed E-state index contributed by atoms with van der Waals surface area (Å²) in [7, 11) is 2.80. The molecule has 15 nitrogen and oxygen atoms in total. The number of nitro benzene ring substituents is 3. The molecule has 0 fully saturated rings. The number of fused-ring (bicyclic) bond motifs is 1. The molecule has 1 N–H and O–H groups in total. The van der Waals surface area contributed by atoms with Gasteiger partial charge in [-0.2, -0.15) is 5.10 Å². The van der Waals surface area contributed by atoms with Gasteiger partial charge in [0.2, 0.25) is 0 Å². The Morgan fingerprint density at radius 2 is 1.59 bits per heavy atom. The van der Waals surface area contributed by atoms with Crippen LogP contribution in [0.3, 0.4) is 0 Å². The average Bonchev–Trinajstić information content (AvgIpc) is 3.25. The Kier molecular flexibility index (Phi) is 7.32. The Morgan fingerprint density at radius 1 is 0.923 bits per heavy atom. The van der Waals surface area contributed by atoms with Gasteiger partial charge in [0.15, 0.2) is 11.5 Å². The van der Waals surface area contributed by atoms with Crippen LogP contribution < -0.4 is 14.9 Å². The predicted molar refractivity (Wildman–Crippen MR) is 135 cm³/mol. The van der Waals surface area contributed by atoms with E-state index < -0.39 is 38.2 Å². The van der Waals surface area contributed by atoms with E-state index in [9.17, 15) is 35.1 Å². The molecule has 200 valence electrons. The quantitative estimate of drug-likeness (QED) is 0.165. The SMILES string of the molecule is COc1ccc2c(c1OC)C(=O)OC2C/C(=N/Nc1ccc([N+](=O)[O-])cc1[N+](=O)[O-])c1ccc([N+](=O)[O-])cc1. The smallest absolute Gasteiger partial charge is 0.343 e. The van der Waals surface area contributed by atoms with E-state index in [1.807, 2.05) is 0 Å². The van der Waals surface area contributed by atoms with Gasteiger partial charge >= 0.3 is 11.7 Å². The Morgan fingerprint density at radius 3 is 2.18 bits per heavy atom. The number of non-ortho nitro benzene ring substituents is 2. The first-order valence-corrected chi connectivity index (χ1v) is 11.1. The zero-order valence-corrected chi connectivity index (χ0v) is 20.4. The number of esters is 1. The minimum absolute atomic E-state index is 0.0419. The van der Waals surface area contributed by atoms with Crippen LogP contribution in [0.1, 0.15) is 34.0 Å². The summed E-state index contributed by atoms with van der Waals surface area (Å²) >= 11 is 0. The lowest BCUT2D eigenvalue weighted by atomic mass is 9.97. The maximum absolute atomic E-state index is 12.7. The molecule has 0 aromatic heterocycles. The summed E-state index contributed by atoms with van der Waals surface area (Å²) in [5, 5.41) is 38.0. The third kappa shape index (κ3) is 5.27. The highest BCUT2D eigenvalue weighted by Crippen LogP contribution is 2.43. The molecule has 39 heavy (non-hydrogen) atoms. The van der Waals surface area contributed by atoms with E-state index in [0.29, 0.717) is 16.9 Å². The van der Waals surface area contributed by atoms with Crippen LogP contribution in [-0.2, 0) is 4.74 Å². The number of nitrogens with zero attached hydrogens (tertiary/aromatic N) is 4. The van der Waals surface area contributed by atoms with Gasteiger partial charge in [0.1, 0.15) is 17.4 Å². The van der Waals surface area contributed by atoms with Crippen molar-refractivity contribution in [2.75, 3.05) is 19.6 Å². The molecule has 1 aliphatic rings. The number of ether oxygens (including phenoxy) is 3. The highest BCUT2D eigenvalue weighted by Gasteiger charge is 2.36. The van der Waals surface area contributed by atoms with E-state index in [0.717, 1.165) is 18.2 Å². The normalized spacial score (nSPS) is 14.3. The van der Waals surface area contributed by atoms with Crippen LogP contribution in [0.4, 0.5) is 22.7 Å². The van der Waals surface area contributed by atoms with Gasteiger partial charge in [-0.25, -0.2) is 4.79 Å². The number of anilines is 1. The average molecular weight is 537 g/mol. The summed E-state index contributed by atoms with van der Waals surface area (Å²) < 4.78 is 16.2. The van der Waals surface area contributed by atoms with Crippen molar-refractivity contribution in [2.45, 2.75) is 12.5 Å². The summed E-state index contributed by atoms with van der Waals surface area (Å²) in [6.45, 7) is 0. The summed E-state index contributed by atoms with van der Waals surface area (Å²) in [4.78, 5) is 44.3. The number of benzene rings is 3. The van der Waals surface area contributed by atoms with Crippen molar-refractivity contribution in [1.82, 2.24) is 0 Å². The van der Waals surface area contributed by atoms with E-state index >= 15 is 0 Å². The lowest BCUT2D eigenvalue weighted by molar-refractivity contribution is -0.393. The summed E-state index contributed by atoms with van der Waals surface area (Å²) in [6.07, 6.45) is -0.894. The van der Waals surface area contributed by atoms with Gasteiger partial charge in [0, 0.05) is 30.2 Å². The van der Waals surface area contributed by atoms with Gasteiger partial charge in [-0.05, 0) is 29.8 Å². The Bertz CT molecular complexity index is 1520. The first kappa shape index (κ1) is 26.5. The molecule has 0 aliphatic carbocycles. The number of methoxy groups -OCH3 is 2. The van der Waals surface area contributed by atoms with Crippen LogP contribution in [-0.4, -0.2) is 40.7 Å². The topological polar surface area (TPSA) is 199 Å². The van der Waals surface area contributed by atoms with Gasteiger partial charge in [-0.3, -0.25) is 35.8 Å². The summed E-state index contributed by atoms with van der Waals surface area (Å²) in [5.41, 5.74) is 2.43. The molecule has 0 saturated heterocycles. The molecule has 3 aromatic carbocycles. The highest BCUT2D eigenvalue weighted by atomic mass is 16.6. The molecule has 3 aromatic rings. The highest BCUT2D eigenvalue weighted by molar-refractivity contribution is 6.03. The Labute approximate surface area is 219 Å². The van der Waals surface area contributed by atoms with E-state index in [2.05, 4.69) is 10.5 Å². The molecule has 1 aliphatic heterocycles. The fraction of sp³-hybridized carbons (Fsp3) is 0.167. The van der Waals surface area contributed by atoms with Gasteiger partial charge in [-0.15, -0.1) is 0 Å². The lowest BCUT2D eigenvalue weighted by Gasteiger charge is -2.15. The molecule has 0 amide bonds. The second kappa shape index (κ2) is 10.8. The van der Waals surface area contributed by atoms with Crippen LogP contribution in [0.5, 0.6) is 11.5 Å². The number of nitrogens with one attached hydrogen (secondary N) is 1. The number of carbonyl (C=O) groups excluding carboxylic acids is 1. The van der Waals surface area contributed by atoms with Gasteiger partial charge in [0.05, 0.1) is 40.8 Å². The number of nitro groups is 3. The van der Waals surface area contributed by atoms with E-state index in [-0.39, 0.29) is 34.8 Å². The number of hydrazone groups is 1.